The van der Waals surface area contributed by atoms with E-state index in [0.717, 1.165) is 22.4 Å². The Balaban J connectivity index is 2.35. The van der Waals surface area contributed by atoms with Crippen LogP contribution >= 0.6 is 12.2 Å². The minimum Gasteiger partial charge on any atom is -0.493 e. The van der Waals surface area contributed by atoms with E-state index in [1.807, 2.05) is 36.9 Å². The molecule has 6 nitrogen and oxygen atoms in total. The molecule has 0 amide bonds. The van der Waals surface area contributed by atoms with E-state index in [1.54, 1.807) is 18.9 Å². The zero-order valence-electron chi connectivity index (χ0n) is 12.3. The number of imidazole rings is 1. The Kier molecular flexibility index (Phi) is 3.21. The number of rotatable bonds is 3. The maximum absolute atomic E-state index is 5.45. The van der Waals surface area contributed by atoms with Crippen LogP contribution in [0.3, 0.4) is 0 Å². The van der Waals surface area contributed by atoms with Crippen molar-refractivity contribution in [2.45, 2.75) is 6.92 Å². The zero-order chi connectivity index (χ0) is 15.1. The molecule has 0 saturated carbocycles. The van der Waals surface area contributed by atoms with Crippen LogP contribution in [0.1, 0.15) is 5.69 Å². The third-order valence-electron chi connectivity index (χ3n) is 3.42. The molecule has 2 aromatic heterocycles. The van der Waals surface area contributed by atoms with E-state index in [0.29, 0.717) is 16.3 Å². The fourth-order valence-corrected chi connectivity index (χ4v) is 2.79. The van der Waals surface area contributed by atoms with Crippen molar-refractivity contribution in [1.29, 1.82) is 0 Å². The van der Waals surface area contributed by atoms with Crippen molar-refractivity contribution < 1.29 is 9.47 Å². The first-order valence-corrected chi connectivity index (χ1v) is 6.83. The van der Waals surface area contributed by atoms with Gasteiger partial charge in [-0.1, -0.05) is 0 Å². The first kappa shape index (κ1) is 13.7. The molecule has 1 aromatic carbocycles. The second-order valence-corrected chi connectivity index (χ2v) is 5.15. The smallest absolute Gasteiger partial charge is 0.182 e. The average molecular weight is 304 g/mol. The summed E-state index contributed by atoms with van der Waals surface area (Å²) in [5.41, 5.74) is 3.67. The predicted octanol–water partition coefficient (Wildman–Crippen LogP) is 2.75. The molecule has 110 valence electrons. The number of hydrogen-bond acceptors (Lipinski definition) is 4. The topological polar surface area (TPSA) is 57.0 Å². The maximum atomic E-state index is 5.45. The molecule has 21 heavy (non-hydrogen) atoms. The zero-order valence-corrected chi connectivity index (χ0v) is 13.1. The van der Waals surface area contributed by atoms with E-state index in [1.165, 1.54) is 0 Å². The summed E-state index contributed by atoms with van der Waals surface area (Å²) in [6, 6.07) is 3.79. The highest BCUT2D eigenvalue weighted by atomic mass is 32.1. The molecule has 0 aliphatic heterocycles. The van der Waals surface area contributed by atoms with Crippen molar-refractivity contribution in [2.75, 3.05) is 14.2 Å². The molecule has 7 heteroatoms. The van der Waals surface area contributed by atoms with Gasteiger partial charge in [0.1, 0.15) is 0 Å². The summed E-state index contributed by atoms with van der Waals surface area (Å²) in [5, 5.41) is 4.37. The predicted molar refractivity (Wildman–Crippen MR) is 83.1 cm³/mol. The van der Waals surface area contributed by atoms with E-state index < -0.39 is 0 Å². The van der Waals surface area contributed by atoms with Gasteiger partial charge in [0, 0.05) is 25.4 Å². The van der Waals surface area contributed by atoms with Gasteiger partial charge in [-0.05, 0) is 19.1 Å². The highest BCUT2D eigenvalue weighted by Crippen LogP contribution is 2.33. The minimum atomic E-state index is 0.608. The largest absolute Gasteiger partial charge is 0.493 e. The molecule has 0 bridgehead atoms. The Labute approximate surface area is 126 Å². The minimum absolute atomic E-state index is 0.608. The lowest BCUT2D eigenvalue weighted by atomic mass is 10.2. The fraction of sp³-hybridized carbons (Fsp3) is 0.286. The van der Waals surface area contributed by atoms with Crippen LogP contribution in [0.5, 0.6) is 11.5 Å². The lowest BCUT2D eigenvalue weighted by molar-refractivity contribution is 0.355. The SMILES string of the molecule is COc1cc2[nH]c(=S)n(-c3cn(C)nc3C)c2cc1OC. The lowest BCUT2D eigenvalue weighted by Gasteiger charge is -2.08. The lowest BCUT2D eigenvalue weighted by Crippen LogP contribution is -1.96. The van der Waals surface area contributed by atoms with Gasteiger partial charge >= 0.3 is 0 Å². The standard InChI is InChI=1S/C14H16N4O2S/c1-8-11(7-17(2)16-8)18-10-6-13(20-4)12(19-3)5-9(10)15-14(18)21/h5-7H,1-4H3,(H,15,21). The van der Waals surface area contributed by atoms with Crippen molar-refractivity contribution in [3.63, 3.8) is 0 Å². The average Bonchev–Trinajstić information content (AvgIpc) is 2.94. The quantitative estimate of drug-likeness (QED) is 0.756. The van der Waals surface area contributed by atoms with Crippen LogP contribution in [0.25, 0.3) is 16.7 Å². The Morgan fingerprint density at radius 3 is 2.43 bits per heavy atom. The molecule has 0 saturated heterocycles. The number of ether oxygens (including phenoxy) is 2. The summed E-state index contributed by atoms with van der Waals surface area (Å²) >= 11 is 5.45. The van der Waals surface area contributed by atoms with Gasteiger partial charge in [0.25, 0.3) is 0 Å². The van der Waals surface area contributed by atoms with Crippen molar-refractivity contribution in [3.8, 4) is 17.2 Å². The van der Waals surface area contributed by atoms with Gasteiger partial charge in [0.2, 0.25) is 0 Å². The van der Waals surface area contributed by atoms with Gasteiger partial charge in [-0.3, -0.25) is 9.25 Å². The van der Waals surface area contributed by atoms with Gasteiger partial charge in [-0.15, -0.1) is 0 Å². The molecule has 3 aromatic rings. The van der Waals surface area contributed by atoms with Gasteiger partial charge in [-0.25, -0.2) is 0 Å². The maximum Gasteiger partial charge on any atom is 0.182 e. The number of H-pyrrole nitrogens is 1. The van der Waals surface area contributed by atoms with Crippen molar-refractivity contribution in [3.05, 3.63) is 28.8 Å². The normalized spacial score (nSPS) is 11.0. The van der Waals surface area contributed by atoms with Crippen LogP contribution < -0.4 is 9.47 Å². The summed E-state index contributed by atoms with van der Waals surface area (Å²) in [7, 11) is 5.11. The van der Waals surface area contributed by atoms with Crippen molar-refractivity contribution >= 4 is 23.3 Å². The molecule has 0 spiro atoms. The Morgan fingerprint density at radius 1 is 1.19 bits per heavy atom. The van der Waals surface area contributed by atoms with Gasteiger partial charge < -0.3 is 14.5 Å². The molecule has 0 aliphatic rings. The third kappa shape index (κ3) is 2.09. The number of nitrogens with zero attached hydrogens (tertiary/aromatic N) is 3. The molecule has 2 heterocycles. The summed E-state index contributed by atoms with van der Waals surface area (Å²) in [4.78, 5) is 3.19. The third-order valence-corrected chi connectivity index (χ3v) is 3.70. The molecule has 0 atom stereocenters. The van der Waals surface area contributed by atoms with Crippen LogP contribution in [0.4, 0.5) is 0 Å². The first-order chi connectivity index (χ1) is 10.0. The van der Waals surface area contributed by atoms with E-state index in [4.69, 9.17) is 21.7 Å². The molecule has 3 rings (SSSR count). The van der Waals surface area contributed by atoms with Crippen molar-refractivity contribution in [1.82, 2.24) is 19.3 Å². The van der Waals surface area contributed by atoms with E-state index in [-0.39, 0.29) is 0 Å². The molecule has 0 unspecified atom stereocenters. The molecule has 1 N–H and O–H groups in total. The van der Waals surface area contributed by atoms with E-state index in [2.05, 4.69) is 10.1 Å². The molecule has 0 aliphatic carbocycles. The Morgan fingerprint density at radius 2 is 1.86 bits per heavy atom. The number of nitrogens with one attached hydrogen (secondary N) is 1. The van der Waals surface area contributed by atoms with Crippen LogP contribution in [0.2, 0.25) is 0 Å². The van der Waals surface area contributed by atoms with Crippen LogP contribution in [0, 0.1) is 11.7 Å². The van der Waals surface area contributed by atoms with Crippen molar-refractivity contribution in [2.24, 2.45) is 7.05 Å². The first-order valence-electron chi connectivity index (χ1n) is 6.42. The molecule has 0 radical (unpaired) electrons. The molecular formula is C14H16N4O2S. The number of hydrogen-bond donors (Lipinski definition) is 1. The Hall–Kier alpha value is -2.28. The van der Waals surface area contributed by atoms with Crippen LogP contribution in [-0.2, 0) is 7.05 Å². The van der Waals surface area contributed by atoms with Gasteiger partial charge in [-0.2, -0.15) is 5.10 Å². The monoisotopic (exact) mass is 304 g/mol. The molecular weight excluding hydrogens is 288 g/mol. The summed E-state index contributed by atoms with van der Waals surface area (Å²) in [6.07, 6.45) is 1.94. The van der Waals surface area contributed by atoms with Gasteiger partial charge in [0.15, 0.2) is 16.3 Å². The van der Waals surface area contributed by atoms with Crippen LogP contribution in [0.15, 0.2) is 18.3 Å². The summed E-state index contributed by atoms with van der Waals surface area (Å²) in [5.74, 6) is 1.32. The number of methoxy groups -OCH3 is 2. The highest BCUT2D eigenvalue weighted by Gasteiger charge is 2.15. The summed E-state index contributed by atoms with van der Waals surface area (Å²) < 4.78 is 15.0. The number of aromatic nitrogens is 4. The number of benzene rings is 1. The second-order valence-electron chi connectivity index (χ2n) is 4.76. The Bertz CT molecular complexity index is 875. The van der Waals surface area contributed by atoms with E-state index >= 15 is 0 Å². The fourth-order valence-electron chi connectivity index (χ4n) is 2.48. The second kappa shape index (κ2) is 4.92. The van der Waals surface area contributed by atoms with Gasteiger partial charge in [0.05, 0.1) is 36.6 Å². The van der Waals surface area contributed by atoms with E-state index in [9.17, 15) is 0 Å². The number of fused-ring (bicyclic) bond motifs is 1. The molecule has 0 fully saturated rings. The number of aromatic amines is 1. The highest BCUT2D eigenvalue weighted by molar-refractivity contribution is 7.71. The summed E-state index contributed by atoms with van der Waals surface area (Å²) in [6.45, 7) is 1.96. The number of aryl methyl sites for hydroxylation is 2. The van der Waals surface area contributed by atoms with Crippen LogP contribution in [-0.4, -0.2) is 33.6 Å².